The van der Waals surface area contributed by atoms with E-state index in [0.29, 0.717) is 27.8 Å². The average molecular weight is 459 g/mol. The Balaban J connectivity index is 1.98. The Labute approximate surface area is 193 Å². The van der Waals surface area contributed by atoms with Crippen LogP contribution >= 0.6 is 0 Å². The molecule has 3 aromatic carbocycles. The number of rotatable bonds is 7. The van der Waals surface area contributed by atoms with Crippen molar-refractivity contribution >= 4 is 34.5 Å². The standard InChI is InChI=1S/C24H21N5O5/c25-17-4-2-1-3-13(17)15-7-12(14(24(33)34)10-20(30)31)8-16(21(15)32)23-28-18-6-5-11(22(26)27)9-19(18)29-23/h1-9,14,32H,10,25H2,(H3,26,27)(H,28,29)(H,30,31)(H,33,34)/t14-/m1/s1. The minimum atomic E-state index is -1.37. The van der Waals surface area contributed by atoms with E-state index < -0.39 is 24.3 Å². The molecule has 0 aliphatic carbocycles. The van der Waals surface area contributed by atoms with Gasteiger partial charge >= 0.3 is 11.9 Å². The number of fused-ring (bicyclic) bond motifs is 1. The number of nitrogens with zero attached hydrogens (tertiary/aromatic N) is 1. The number of benzene rings is 3. The quantitative estimate of drug-likeness (QED) is 0.124. The normalized spacial score (nSPS) is 11.9. The van der Waals surface area contributed by atoms with E-state index in [4.69, 9.17) is 16.9 Å². The third-order valence-corrected chi connectivity index (χ3v) is 5.51. The minimum Gasteiger partial charge on any atom is -0.507 e. The number of amidine groups is 1. The molecule has 0 saturated carbocycles. The molecular weight excluding hydrogens is 438 g/mol. The summed E-state index contributed by atoms with van der Waals surface area (Å²) >= 11 is 0. The number of nitrogens with two attached hydrogens (primary N) is 2. The summed E-state index contributed by atoms with van der Waals surface area (Å²) < 4.78 is 0. The molecule has 34 heavy (non-hydrogen) atoms. The number of imidazole rings is 1. The summed E-state index contributed by atoms with van der Waals surface area (Å²) in [6, 6.07) is 14.5. The van der Waals surface area contributed by atoms with Crippen molar-refractivity contribution in [3.8, 4) is 28.3 Å². The summed E-state index contributed by atoms with van der Waals surface area (Å²) in [6.45, 7) is 0. The molecule has 9 N–H and O–H groups in total. The summed E-state index contributed by atoms with van der Waals surface area (Å²) in [5.74, 6) is -4.06. The van der Waals surface area contributed by atoms with E-state index in [2.05, 4.69) is 9.97 Å². The topological polar surface area (TPSA) is 199 Å². The number of aromatic amines is 1. The number of hydrogen-bond acceptors (Lipinski definition) is 6. The highest BCUT2D eigenvalue weighted by Crippen LogP contribution is 2.42. The molecule has 0 amide bonds. The minimum absolute atomic E-state index is 0.122. The van der Waals surface area contributed by atoms with Crippen molar-refractivity contribution in [1.29, 1.82) is 5.41 Å². The van der Waals surface area contributed by atoms with Crippen LogP contribution in [-0.4, -0.2) is 43.1 Å². The molecule has 1 aromatic heterocycles. The molecule has 0 aliphatic heterocycles. The van der Waals surface area contributed by atoms with Crippen LogP contribution in [0, 0.1) is 5.41 Å². The number of para-hydroxylation sites is 1. The number of phenols is 1. The van der Waals surface area contributed by atoms with Gasteiger partial charge in [-0.1, -0.05) is 18.2 Å². The van der Waals surface area contributed by atoms with Gasteiger partial charge in [-0.05, 0) is 42.0 Å². The first-order valence-electron chi connectivity index (χ1n) is 10.2. The van der Waals surface area contributed by atoms with Crippen molar-refractivity contribution in [2.45, 2.75) is 12.3 Å². The van der Waals surface area contributed by atoms with Crippen molar-refractivity contribution in [2.24, 2.45) is 5.73 Å². The van der Waals surface area contributed by atoms with Crippen LogP contribution in [0.15, 0.2) is 54.6 Å². The fraction of sp³-hybridized carbons (Fsp3) is 0.0833. The molecular formula is C24H21N5O5. The van der Waals surface area contributed by atoms with Crippen molar-refractivity contribution < 1.29 is 24.9 Å². The number of anilines is 1. The monoisotopic (exact) mass is 459 g/mol. The summed E-state index contributed by atoms with van der Waals surface area (Å²) in [7, 11) is 0. The zero-order chi connectivity index (χ0) is 24.6. The molecule has 1 heterocycles. The maximum absolute atomic E-state index is 11.9. The van der Waals surface area contributed by atoms with Gasteiger partial charge in [0, 0.05) is 22.4 Å². The first kappa shape index (κ1) is 22.3. The molecule has 172 valence electrons. The Morgan fingerprint density at radius 3 is 2.38 bits per heavy atom. The molecule has 0 bridgehead atoms. The van der Waals surface area contributed by atoms with Crippen LogP contribution in [0.1, 0.15) is 23.5 Å². The molecule has 0 radical (unpaired) electrons. The van der Waals surface area contributed by atoms with Crippen LogP contribution < -0.4 is 11.5 Å². The lowest BCUT2D eigenvalue weighted by Crippen LogP contribution is -2.16. The molecule has 4 aromatic rings. The van der Waals surface area contributed by atoms with Crippen LogP contribution in [0.2, 0.25) is 0 Å². The number of nitrogen functional groups attached to an aromatic ring is 2. The van der Waals surface area contributed by atoms with Crippen LogP contribution in [0.5, 0.6) is 5.75 Å². The van der Waals surface area contributed by atoms with Gasteiger partial charge in [0.1, 0.15) is 17.4 Å². The van der Waals surface area contributed by atoms with Crippen molar-refractivity contribution in [3.63, 3.8) is 0 Å². The van der Waals surface area contributed by atoms with E-state index in [0.717, 1.165) is 0 Å². The van der Waals surface area contributed by atoms with E-state index in [9.17, 15) is 24.9 Å². The predicted molar refractivity (Wildman–Crippen MR) is 127 cm³/mol. The Bertz CT molecular complexity index is 1460. The van der Waals surface area contributed by atoms with E-state index in [-0.39, 0.29) is 34.1 Å². The summed E-state index contributed by atoms with van der Waals surface area (Å²) in [5, 5.41) is 37.8. The Morgan fingerprint density at radius 2 is 1.74 bits per heavy atom. The Morgan fingerprint density at radius 1 is 1.03 bits per heavy atom. The molecule has 10 heteroatoms. The zero-order valence-corrected chi connectivity index (χ0v) is 17.7. The van der Waals surface area contributed by atoms with Gasteiger partial charge in [0.25, 0.3) is 0 Å². The maximum atomic E-state index is 11.9. The summed E-state index contributed by atoms with van der Waals surface area (Å²) in [5.41, 5.74) is 14.6. The second kappa shape index (κ2) is 8.58. The van der Waals surface area contributed by atoms with E-state index in [1.54, 1.807) is 42.5 Å². The van der Waals surface area contributed by atoms with Crippen LogP contribution in [0.4, 0.5) is 5.69 Å². The molecule has 10 nitrogen and oxygen atoms in total. The molecule has 1 atom stereocenters. The fourth-order valence-corrected chi connectivity index (χ4v) is 3.81. The lowest BCUT2D eigenvalue weighted by molar-refractivity contribution is -0.145. The highest BCUT2D eigenvalue weighted by Gasteiger charge is 2.27. The highest BCUT2D eigenvalue weighted by molar-refractivity contribution is 5.98. The van der Waals surface area contributed by atoms with Crippen molar-refractivity contribution in [1.82, 2.24) is 9.97 Å². The predicted octanol–water partition coefficient (Wildman–Crippen LogP) is 3.11. The average Bonchev–Trinajstić information content (AvgIpc) is 3.21. The first-order valence-corrected chi connectivity index (χ1v) is 10.2. The third kappa shape index (κ3) is 4.11. The van der Waals surface area contributed by atoms with E-state index in [1.165, 1.54) is 12.1 Å². The lowest BCUT2D eigenvalue weighted by atomic mass is 9.89. The molecule has 0 unspecified atom stereocenters. The van der Waals surface area contributed by atoms with Gasteiger partial charge in [0.05, 0.1) is 28.9 Å². The van der Waals surface area contributed by atoms with Gasteiger partial charge in [-0.2, -0.15) is 0 Å². The van der Waals surface area contributed by atoms with Gasteiger partial charge < -0.3 is 31.8 Å². The number of H-pyrrole nitrogens is 1. The number of aromatic hydroxyl groups is 1. The van der Waals surface area contributed by atoms with Crippen molar-refractivity contribution in [2.75, 3.05) is 5.73 Å². The molecule has 0 saturated heterocycles. The number of carboxylic acids is 2. The van der Waals surface area contributed by atoms with Gasteiger partial charge in [-0.15, -0.1) is 0 Å². The number of phenolic OH excluding ortho intramolecular Hbond substituents is 1. The maximum Gasteiger partial charge on any atom is 0.311 e. The van der Waals surface area contributed by atoms with E-state index in [1.807, 2.05) is 0 Å². The Hall–Kier alpha value is -4.86. The number of nitrogens with one attached hydrogen (secondary N) is 2. The van der Waals surface area contributed by atoms with Crippen LogP contribution in [0.25, 0.3) is 33.5 Å². The van der Waals surface area contributed by atoms with Gasteiger partial charge in [-0.25, -0.2) is 4.98 Å². The molecule has 0 aliphatic rings. The number of carboxylic acid groups (broad SMARTS) is 2. The third-order valence-electron chi connectivity index (χ3n) is 5.51. The highest BCUT2D eigenvalue weighted by atomic mass is 16.4. The van der Waals surface area contributed by atoms with Gasteiger partial charge in [0.15, 0.2) is 0 Å². The van der Waals surface area contributed by atoms with Crippen LogP contribution in [0.3, 0.4) is 0 Å². The summed E-state index contributed by atoms with van der Waals surface area (Å²) in [4.78, 5) is 30.8. The second-order valence-electron chi connectivity index (χ2n) is 7.77. The number of carbonyl (C=O) groups is 2. The van der Waals surface area contributed by atoms with Gasteiger partial charge in [0.2, 0.25) is 0 Å². The fourth-order valence-electron chi connectivity index (χ4n) is 3.81. The number of aliphatic carboxylic acids is 2. The SMILES string of the molecule is N=C(N)c1ccc2nc(-c3cc([C@@H](CC(=O)O)C(=O)O)cc(-c4ccccc4N)c3O)[nH]c2c1. The van der Waals surface area contributed by atoms with E-state index >= 15 is 0 Å². The smallest absolute Gasteiger partial charge is 0.311 e. The molecule has 0 spiro atoms. The number of hydrogen-bond donors (Lipinski definition) is 7. The molecule has 0 fully saturated rings. The molecule has 4 rings (SSSR count). The van der Waals surface area contributed by atoms with Gasteiger partial charge in [-0.3, -0.25) is 15.0 Å². The summed E-state index contributed by atoms with van der Waals surface area (Å²) in [6.07, 6.45) is -0.647. The lowest BCUT2D eigenvalue weighted by Gasteiger charge is -2.17. The van der Waals surface area contributed by atoms with Crippen molar-refractivity contribution in [3.05, 3.63) is 65.7 Å². The zero-order valence-electron chi connectivity index (χ0n) is 17.7. The largest absolute Gasteiger partial charge is 0.507 e. The first-order chi connectivity index (χ1) is 16.2. The number of aromatic nitrogens is 2. The second-order valence-corrected chi connectivity index (χ2v) is 7.77. The Kier molecular flexibility index (Phi) is 5.64. The van der Waals surface area contributed by atoms with Crippen LogP contribution in [-0.2, 0) is 9.59 Å².